The van der Waals surface area contributed by atoms with Gasteiger partial charge in [-0.05, 0) is 57.4 Å². The zero-order valence-corrected chi connectivity index (χ0v) is 24.2. The number of likely N-dealkylation sites (N-methyl/N-ethyl adjacent to an activating group) is 1. The van der Waals surface area contributed by atoms with Crippen molar-refractivity contribution in [3.05, 3.63) is 65.9 Å². The molecular formula is C28H32BrN7O3. The normalized spacial score (nSPS) is 11.8. The highest BCUT2D eigenvalue weighted by Gasteiger charge is 2.16. The largest absolute Gasteiger partial charge is 0.496 e. The number of rotatable bonds is 11. The molecule has 4 aromatic rings. The van der Waals surface area contributed by atoms with Crippen LogP contribution in [0.1, 0.15) is 6.92 Å². The number of hydrogen-bond donors (Lipinski definition) is 3. The summed E-state index contributed by atoms with van der Waals surface area (Å²) in [6.45, 7) is 6.34. The van der Waals surface area contributed by atoms with Gasteiger partial charge >= 0.3 is 0 Å². The molecule has 0 fully saturated rings. The molecule has 2 heterocycles. The van der Waals surface area contributed by atoms with Crippen molar-refractivity contribution in [3.8, 4) is 17.3 Å². The Kier molecular flexibility index (Phi) is 8.72. The Labute approximate surface area is 236 Å². The fourth-order valence-electron chi connectivity index (χ4n) is 3.93. The highest BCUT2D eigenvalue weighted by molar-refractivity contribution is 9.10. The minimum Gasteiger partial charge on any atom is -0.496 e. The second-order valence-corrected chi connectivity index (χ2v) is 9.99. The average molecular weight is 595 g/mol. The van der Waals surface area contributed by atoms with E-state index in [1.54, 1.807) is 26.5 Å². The molecule has 0 saturated carbocycles. The van der Waals surface area contributed by atoms with Gasteiger partial charge in [-0.15, -0.1) is 0 Å². The Morgan fingerprint density at radius 1 is 1.13 bits per heavy atom. The van der Waals surface area contributed by atoms with Crippen LogP contribution >= 0.6 is 15.9 Å². The lowest BCUT2D eigenvalue weighted by atomic mass is 10.2. The van der Waals surface area contributed by atoms with E-state index in [4.69, 9.17) is 14.5 Å². The summed E-state index contributed by atoms with van der Waals surface area (Å²) >= 11 is 3.55. The lowest BCUT2D eigenvalue weighted by Crippen LogP contribution is -2.31. The van der Waals surface area contributed by atoms with Gasteiger partial charge in [-0.3, -0.25) is 4.79 Å². The van der Waals surface area contributed by atoms with Gasteiger partial charge in [0.2, 0.25) is 11.9 Å². The van der Waals surface area contributed by atoms with E-state index < -0.39 is 0 Å². The molecule has 1 unspecified atom stereocenters. The smallest absolute Gasteiger partial charge is 0.247 e. The van der Waals surface area contributed by atoms with Crippen LogP contribution in [0.4, 0.5) is 23.0 Å². The van der Waals surface area contributed by atoms with E-state index >= 15 is 0 Å². The van der Waals surface area contributed by atoms with E-state index in [1.165, 1.54) is 6.08 Å². The number of anilines is 4. The molecular weight excluding hydrogens is 562 g/mol. The molecule has 0 radical (unpaired) electrons. The molecule has 0 aliphatic rings. The number of halogens is 1. The van der Waals surface area contributed by atoms with Gasteiger partial charge in [0.25, 0.3) is 0 Å². The van der Waals surface area contributed by atoms with E-state index in [-0.39, 0.29) is 11.9 Å². The van der Waals surface area contributed by atoms with Crippen LogP contribution in [0.3, 0.4) is 0 Å². The summed E-state index contributed by atoms with van der Waals surface area (Å²) in [4.78, 5) is 23.4. The molecule has 2 aromatic carbocycles. The Bertz CT molecular complexity index is 1500. The number of ether oxygens (including phenoxy) is 2. The van der Waals surface area contributed by atoms with Crippen LogP contribution < -0.4 is 25.4 Å². The second kappa shape index (κ2) is 12.2. The first-order chi connectivity index (χ1) is 18.7. The summed E-state index contributed by atoms with van der Waals surface area (Å²) in [5.41, 5.74) is 2.80. The number of fused-ring (bicyclic) bond motifs is 1. The van der Waals surface area contributed by atoms with E-state index in [0.29, 0.717) is 41.1 Å². The first-order valence-electron chi connectivity index (χ1n) is 12.2. The third-order valence-corrected chi connectivity index (χ3v) is 6.80. The molecule has 1 amide bonds. The number of hydrogen-bond acceptors (Lipinski definition) is 8. The monoisotopic (exact) mass is 593 g/mol. The Morgan fingerprint density at radius 2 is 1.90 bits per heavy atom. The van der Waals surface area contributed by atoms with Crippen LogP contribution in [0.25, 0.3) is 16.7 Å². The first-order valence-corrected chi connectivity index (χ1v) is 13.0. The lowest BCUT2D eigenvalue weighted by molar-refractivity contribution is -0.111. The highest BCUT2D eigenvalue weighted by atomic mass is 79.9. The zero-order valence-electron chi connectivity index (χ0n) is 22.6. The quantitative estimate of drug-likeness (QED) is 0.198. The molecule has 39 heavy (non-hydrogen) atoms. The summed E-state index contributed by atoms with van der Waals surface area (Å²) in [7, 11) is 7.26. The minimum atomic E-state index is -0.325. The molecule has 0 bridgehead atoms. The van der Waals surface area contributed by atoms with Crippen molar-refractivity contribution in [1.82, 2.24) is 19.4 Å². The molecule has 1 atom stereocenters. The third-order valence-electron chi connectivity index (χ3n) is 6.34. The van der Waals surface area contributed by atoms with Gasteiger partial charge in [0.05, 0.1) is 36.8 Å². The van der Waals surface area contributed by atoms with Gasteiger partial charge in [0, 0.05) is 40.9 Å². The minimum absolute atomic E-state index is 0.262. The van der Waals surface area contributed by atoms with Crippen molar-refractivity contribution >= 4 is 55.8 Å². The summed E-state index contributed by atoms with van der Waals surface area (Å²) < 4.78 is 14.1. The highest BCUT2D eigenvalue weighted by Crippen LogP contribution is 2.37. The summed E-state index contributed by atoms with van der Waals surface area (Å²) in [6.07, 6.45) is 4.84. The van der Waals surface area contributed by atoms with Crippen LogP contribution in [-0.2, 0) is 4.79 Å². The van der Waals surface area contributed by atoms with Crippen molar-refractivity contribution in [2.45, 2.75) is 13.0 Å². The number of amides is 1. The summed E-state index contributed by atoms with van der Waals surface area (Å²) in [5.74, 6) is 2.02. The fourth-order valence-corrected chi connectivity index (χ4v) is 4.35. The number of benzene rings is 2. The molecule has 2 aromatic heterocycles. The van der Waals surface area contributed by atoms with Crippen LogP contribution in [0.5, 0.6) is 11.5 Å². The number of aromatic nitrogens is 3. The van der Waals surface area contributed by atoms with Gasteiger partial charge in [-0.25, -0.2) is 4.98 Å². The number of carbonyl (C=O) groups is 1. The van der Waals surface area contributed by atoms with Gasteiger partial charge in [0.1, 0.15) is 17.3 Å². The number of carbonyl (C=O) groups excluding carboxylic acids is 1. The molecule has 4 rings (SSSR count). The SMILES string of the molecule is C=CC(=O)Nc1cc(Nc2nccc(-n3ccc4c(OC)cc(Br)cc43)n2)c(OC)cc1NCC(C)N(C)C. The van der Waals surface area contributed by atoms with Gasteiger partial charge < -0.3 is 34.9 Å². The van der Waals surface area contributed by atoms with Crippen LogP contribution in [0.15, 0.2) is 65.9 Å². The second-order valence-electron chi connectivity index (χ2n) is 9.08. The summed E-state index contributed by atoms with van der Waals surface area (Å²) in [6, 6.07) is 11.6. The maximum atomic E-state index is 12.2. The van der Waals surface area contributed by atoms with Gasteiger partial charge in [-0.1, -0.05) is 22.5 Å². The van der Waals surface area contributed by atoms with Gasteiger partial charge in [0.15, 0.2) is 0 Å². The Hall–Kier alpha value is -4.09. The standard InChI is InChI=1S/C28H32BrN7O3/c1-7-27(37)32-21-14-22(25(39-6)15-20(21)31-16-17(2)35(3)4)33-28-30-10-8-26(34-28)36-11-9-19-23(36)12-18(29)13-24(19)38-5/h7-15,17,31H,1,16H2,2-6H3,(H,32,37)(H,30,33,34). The topological polar surface area (TPSA) is 106 Å². The predicted molar refractivity (Wildman–Crippen MR) is 160 cm³/mol. The first kappa shape index (κ1) is 27.9. The van der Waals surface area contributed by atoms with E-state index in [0.717, 1.165) is 21.1 Å². The maximum absolute atomic E-state index is 12.2. The fraction of sp³-hybridized carbons (Fsp3) is 0.250. The molecule has 0 aliphatic heterocycles. The zero-order chi connectivity index (χ0) is 28.1. The Balaban J connectivity index is 1.69. The summed E-state index contributed by atoms with van der Waals surface area (Å²) in [5, 5.41) is 10.5. The van der Waals surface area contributed by atoms with Crippen molar-refractivity contribution in [1.29, 1.82) is 0 Å². The predicted octanol–water partition coefficient (Wildman–Crippen LogP) is 5.43. The van der Waals surface area contributed by atoms with Crippen molar-refractivity contribution in [3.63, 3.8) is 0 Å². The number of methoxy groups -OCH3 is 2. The molecule has 0 aliphatic carbocycles. The molecule has 10 nitrogen and oxygen atoms in total. The van der Waals surface area contributed by atoms with Crippen LogP contribution in [0.2, 0.25) is 0 Å². The van der Waals surface area contributed by atoms with Crippen molar-refractivity contribution in [2.24, 2.45) is 0 Å². The Morgan fingerprint density at radius 3 is 2.59 bits per heavy atom. The molecule has 11 heteroatoms. The molecule has 0 saturated heterocycles. The van der Waals surface area contributed by atoms with E-state index in [1.807, 2.05) is 55.2 Å². The van der Waals surface area contributed by atoms with E-state index in [2.05, 4.69) is 55.3 Å². The molecule has 0 spiro atoms. The molecule has 3 N–H and O–H groups in total. The lowest BCUT2D eigenvalue weighted by Gasteiger charge is -2.23. The number of nitrogens with zero attached hydrogens (tertiary/aromatic N) is 4. The van der Waals surface area contributed by atoms with E-state index in [9.17, 15) is 4.79 Å². The van der Waals surface area contributed by atoms with Crippen molar-refractivity contribution in [2.75, 3.05) is 50.8 Å². The van der Waals surface area contributed by atoms with Crippen LogP contribution in [-0.4, -0.2) is 66.2 Å². The van der Waals surface area contributed by atoms with Crippen molar-refractivity contribution < 1.29 is 14.3 Å². The maximum Gasteiger partial charge on any atom is 0.247 e. The van der Waals surface area contributed by atoms with Crippen LogP contribution in [0, 0.1) is 0 Å². The number of nitrogens with one attached hydrogen (secondary N) is 3. The molecule has 204 valence electrons. The third kappa shape index (κ3) is 6.32. The van der Waals surface area contributed by atoms with Gasteiger partial charge in [-0.2, -0.15) is 4.98 Å². The average Bonchev–Trinajstić information content (AvgIpc) is 3.35.